The van der Waals surface area contributed by atoms with E-state index in [1.807, 2.05) is 5.01 Å². The van der Waals surface area contributed by atoms with Gasteiger partial charge < -0.3 is 4.74 Å². The first kappa shape index (κ1) is 10.8. The summed E-state index contributed by atoms with van der Waals surface area (Å²) >= 11 is 11.3. The van der Waals surface area contributed by atoms with E-state index in [-0.39, 0.29) is 10.6 Å². The number of morpholine rings is 1. The minimum Gasteiger partial charge on any atom is -0.379 e. The van der Waals surface area contributed by atoms with Gasteiger partial charge in [-0.2, -0.15) is 15.0 Å². The van der Waals surface area contributed by atoms with Gasteiger partial charge in [0.1, 0.15) is 0 Å². The van der Waals surface area contributed by atoms with Crippen LogP contribution < -0.4 is 5.43 Å². The molecular formula is C7H9Cl2N5O. The molecule has 82 valence electrons. The maximum Gasteiger partial charge on any atom is 0.243 e. The van der Waals surface area contributed by atoms with Crippen molar-refractivity contribution in [2.24, 2.45) is 0 Å². The van der Waals surface area contributed by atoms with Gasteiger partial charge in [-0.1, -0.05) is 0 Å². The average Bonchev–Trinajstić information content (AvgIpc) is 2.17. The smallest absolute Gasteiger partial charge is 0.243 e. The fraction of sp³-hybridized carbons (Fsp3) is 0.571. The second-order valence-electron chi connectivity index (χ2n) is 2.91. The molecule has 1 aliphatic heterocycles. The van der Waals surface area contributed by atoms with Gasteiger partial charge in [-0.3, -0.25) is 5.43 Å². The number of halogens is 2. The van der Waals surface area contributed by atoms with Crippen LogP contribution in [0.2, 0.25) is 10.6 Å². The van der Waals surface area contributed by atoms with Crippen LogP contribution in [0.25, 0.3) is 0 Å². The molecule has 1 saturated heterocycles. The van der Waals surface area contributed by atoms with Crippen LogP contribution in [0.15, 0.2) is 0 Å². The van der Waals surface area contributed by atoms with Crippen molar-refractivity contribution in [1.82, 2.24) is 20.0 Å². The number of ether oxygens (including phenoxy) is 1. The summed E-state index contributed by atoms with van der Waals surface area (Å²) in [5.41, 5.74) is 2.98. The molecule has 6 nitrogen and oxygen atoms in total. The minimum atomic E-state index is 0.0748. The van der Waals surface area contributed by atoms with E-state index in [0.717, 1.165) is 13.1 Å². The van der Waals surface area contributed by atoms with E-state index in [9.17, 15) is 0 Å². The number of aromatic nitrogens is 3. The van der Waals surface area contributed by atoms with Gasteiger partial charge in [0.15, 0.2) is 0 Å². The summed E-state index contributed by atoms with van der Waals surface area (Å²) in [6.07, 6.45) is 0. The predicted octanol–water partition coefficient (Wildman–Crippen LogP) is 0.837. The topological polar surface area (TPSA) is 63.2 Å². The molecule has 1 fully saturated rings. The van der Waals surface area contributed by atoms with Crippen molar-refractivity contribution in [3.8, 4) is 0 Å². The summed E-state index contributed by atoms with van der Waals surface area (Å²) in [6.45, 7) is 2.89. The molecule has 0 unspecified atom stereocenters. The SMILES string of the molecule is Clc1nc(Cl)nc(NN2CCOCC2)n1. The van der Waals surface area contributed by atoms with Gasteiger partial charge in [-0.25, -0.2) is 5.01 Å². The van der Waals surface area contributed by atoms with Gasteiger partial charge >= 0.3 is 0 Å². The van der Waals surface area contributed by atoms with Crippen molar-refractivity contribution in [3.05, 3.63) is 10.6 Å². The molecule has 1 aliphatic rings. The third-order valence-electron chi connectivity index (χ3n) is 1.85. The van der Waals surface area contributed by atoms with Crippen molar-refractivity contribution in [1.29, 1.82) is 0 Å². The fourth-order valence-corrected chi connectivity index (χ4v) is 1.56. The molecule has 1 N–H and O–H groups in total. The highest BCUT2D eigenvalue weighted by molar-refractivity contribution is 6.31. The van der Waals surface area contributed by atoms with E-state index in [0.29, 0.717) is 19.2 Å². The van der Waals surface area contributed by atoms with Crippen molar-refractivity contribution in [2.75, 3.05) is 31.7 Å². The molecule has 0 radical (unpaired) electrons. The van der Waals surface area contributed by atoms with Crippen LogP contribution in [0.1, 0.15) is 0 Å². The molecule has 0 atom stereocenters. The average molecular weight is 250 g/mol. The zero-order chi connectivity index (χ0) is 10.7. The second kappa shape index (κ2) is 4.89. The number of hydrogen-bond donors (Lipinski definition) is 1. The highest BCUT2D eigenvalue weighted by atomic mass is 35.5. The highest BCUT2D eigenvalue weighted by Crippen LogP contribution is 2.10. The molecule has 2 heterocycles. The van der Waals surface area contributed by atoms with Crippen molar-refractivity contribution >= 4 is 29.2 Å². The standard InChI is InChI=1S/C7H9Cl2N5O/c8-5-10-6(9)12-7(11-5)13-14-1-3-15-4-2-14/h1-4H2,(H,10,11,12,13). The maximum absolute atomic E-state index is 5.64. The van der Waals surface area contributed by atoms with Gasteiger partial charge in [0.2, 0.25) is 16.5 Å². The van der Waals surface area contributed by atoms with Crippen LogP contribution in [-0.4, -0.2) is 46.3 Å². The molecule has 0 amide bonds. The monoisotopic (exact) mass is 249 g/mol. The molecule has 0 aliphatic carbocycles. The largest absolute Gasteiger partial charge is 0.379 e. The Morgan fingerprint density at radius 2 is 1.67 bits per heavy atom. The van der Waals surface area contributed by atoms with Crippen LogP contribution in [0.3, 0.4) is 0 Å². The molecule has 0 spiro atoms. The molecule has 8 heteroatoms. The summed E-state index contributed by atoms with van der Waals surface area (Å²) in [5.74, 6) is 0.349. The zero-order valence-electron chi connectivity index (χ0n) is 7.78. The summed E-state index contributed by atoms with van der Waals surface area (Å²) in [5, 5.41) is 2.09. The van der Waals surface area contributed by atoms with E-state index in [1.165, 1.54) is 0 Å². The van der Waals surface area contributed by atoms with Gasteiger partial charge in [0.25, 0.3) is 0 Å². The molecule has 1 aromatic rings. The lowest BCUT2D eigenvalue weighted by Gasteiger charge is -2.26. The Kier molecular flexibility index (Phi) is 3.53. The Morgan fingerprint density at radius 3 is 2.27 bits per heavy atom. The summed E-state index contributed by atoms with van der Waals surface area (Å²) in [6, 6.07) is 0. The van der Waals surface area contributed by atoms with E-state index >= 15 is 0 Å². The van der Waals surface area contributed by atoms with E-state index in [2.05, 4.69) is 20.4 Å². The number of anilines is 1. The van der Waals surface area contributed by atoms with Crippen LogP contribution in [0, 0.1) is 0 Å². The molecule has 15 heavy (non-hydrogen) atoms. The van der Waals surface area contributed by atoms with Crippen molar-refractivity contribution < 1.29 is 4.74 Å². The summed E-state index contributed by atoms with van der Waals surface area (Å²) < 4.78 is 5.20. The normalized spacial score (nSPS) is 17.7. The second-order valence-corrected chi connectivity index (χ2v) is 3.58. The van der Waals surface area contributed by atoms with Gasteiger partial charge in [0.05, 0.1) is 13.2 Å². The maximum atomic E-state index is 5.64. The highest BCUT2D eigenvalue weighted by Gasteiger charge is 2.12. The first-order chi connectivity index (χ1) is 7.24. The van der Waals surface area contributed by atoms with E-state index < -0.39 is 0 Å². The number of nitrogens with one attached hydrogen (secondary N) is 1. The zero-order valence-corrected chi connectivity index (χ0v) is 9.29. The Labute approximate surface area is 96.5 Å². The van der Waals surface area contributed by atoms with Gasteiger partial charge in [-0.05, 0) is 23.2 Å². The first-order valence-electron chi connectivity index (χ1n) is 4.40. The fourth-order valence-electron chi connectivity index (χ4n) is 1.19. The number of nitrogens with zero attached hydrogens (tertiary/aromatic N) is 4. The Hall–Kier alpha value is -0.690. The van der Waals surface area contributed by atoms with E-state index in [4.69, 9.17) is 27.9 Å². The van der Waals surface area contributed by atoms with Crippen LogP contribution >= 0.6 is 23.2 Å². The number of rotatable bonds is 2. The molecule has 0 bridgehead atoms. The number of hydrogen-bond acceptors (Lipinski definition) is 6. The lowest BCUT2D eigenvalue weighted by atomic mass is 10.5. The molecular weight excluding hydrogens is 241 g/mol. The Balaban J connectivity index is 2.02. The Morgan fingerprint density at radius 1 is 1.07 bits per heavy atom. The summed E-state index contributed by atoms with van der Waals surface area (Å²) in [4.78, 5) is 11.4. The van der Waals surface area contributed by atoms with Gasteiger partial charge in [-0.15, -0.1) is 0 Å². The first-order valence-corrected chi connectivity index (χ1v) is 5.16. The molecule has 1 aromatic heterocycles. The van der Waals surface area contributed by atoms with Crippen molar-refractivity contribution in [3.63, 3.8) is 0 Å². The van der Waals surface area contributed by atoms with Crippen molar-refractivity contribution in [2.45, 2.75) is 0 Å². The van der Waals surface area contributed by atoms with Crippen LogP contribution in [0.5, 0.6) is 0 Å². The minimum absolute atomic E-state index is 0.0748. The van der Waals surface area contributed by atoms with Crippen LogP contribution in [0.4, 0.5) is 5.95 Å². The third kappa shape index (κ3) is 3.13. The Bertz CT molecular complexity index is 324. The van der Waals surface area contributed by atoms with Gasteiger partial charge in [0, 0.05) is 13.1 Å². The van der Waals surface area contributed by atoms with E-state index in [1.54, 1.807) is 0 Å². The van der Waals surface area contributed by atoms with Crippen LogP contribution in [-0.2, 0) is 4.74 Å². The summed E-state index contributed by atoms with van der Waals surface area (Å²) in [7, 11) is 0. The third-order valence-corrected chi connectivity index (χ3v) is 2.19. The number of hydrazine groups is 1. The molecule has 2 rings (SSSR count). The predicted molar refractivity (Wildman–Crippen MR) is 55.9 cm³/mol. The lowest BCUT2D eigenvalue weighted by molar-refractivity contribution is 0.0492. The molecule has 0 aromatic carbocycles. The quantitative estimate of drug-likeness (QED) is 0.839. The lowest BCUT2D eigenvalue weighted by Crippen LogP contribution is -2.40. The molecule has 0 saturated carbocycles.